The van der Waals surface area contributed by atoms with Gasteiger partial charge >= 0.3 is 0 Å². The minimum absolute atomic E-state index is 0.0207. The van der Waals surface area contributed by atoms with Crippen LogP contribution < -0.4 is 14.9 Å². The van der Waals surface area contributed by atoms with Gasteiger partial charge in [0.25, 0.3) is 15.9 Å². The molecule has 1 aromatic heterocycles. The number of amides is 1. The van der Waals surface area contributed by atoms with Crippen molar-refractivity contribution in [2.45, 2.75) is 24.7 Å². The Morgan fingerprint density at radius 2 is 1.62 bits per heavy atom. The number of aromatic nitrogens is 2. The van der Waals surface area contributed by atoms with E-state index in [-0.39, 0.29) is 22.0 Å². The zero-order valence-electron chi connectivity index (χ0n) is 20.7. The molecule has 0 bridgehead atoms. The molecule has 1 fully saturated rings. The summed E-state index contributed by atoms with van der Waals surface area (Å²) in [6, 6.07) is 20.6. The predicted octanol–water partition coefficient (Wildman–Crippen LogP) is 5.01. The van der Waals surface area contributed by atoms with E-state index in [4.69, 9.17) is 4.52 Å². The van der Waals surface area contributed by atoms with Crippen LogP contribution in [-0.4, -0.2) is 38.6 Å². The molecule has 3 aromatic carbocycles. The fraction of sp³-hybridized carbons (Fsp3) is 0.222. The van der Waals surface area contributed by atoms with E-state index < -0.39 is 10.0 Å². The van der Waals surface area contributed by atoms with Crippen molar-refractivity contribution in [1.29, 1.82) is 0 Å². The lowest BCUT2D eigenvalue weighted by atomic mass is 10.1. The van der Waals surface area contributed by atoms with Gasteiger partial charge in [-0.25, -0.2) is 8.42 Å². The Kier molecular flexibility index (Phi) is 6.20. The Hall–Kier alpha value is -4.18. The van der Waals surface area contributed by atoms with Crippen LogP contribution in [0.4, 0.5) is 17.1 Å². The average molecular weight is 518 g/mol. The second-order valence-electron chi connectivity index (χ2n) is 9.59. The molecular formula is C27H27N5O4S. The summed E-state index contributed by atoms with van der Waals surface area (Å²) in [5.74, 6) is 0.604. The number of carbonyl (C=O) groups excluding carboxylic acids is 1. The maximum atomic E-state index is 13.1. The molecule has 0 unspecified atom stereocenters. The van der Waals surface area contributed by atoms with Gasteiger partial charge in [0.05, 0.1) is 4.90 Å². The highest BCUT2D eigenvalue weighted by molar-refractivity contribution is 7.92. The van der Waals surface area contributed by atoms with E-state index in [0.29, 0.717) is 22.8 Å². The second kappa shape index (κ2) is 9.36. The first kappa shape index (κ1) is 24.5. The van der Waals surface area contributed by atoms with Gasteiger partial charge in [-0.15, -0.1) is 0 Å². The van der Waals surface area contributed by atoms with Gasteiger partial charge in [0.1, 0.15) is 0 Å². The van der Waals surface area contributed by atoms with Crippen molar-refractivity contribution in [2.24, 2.45) is 5.41 Å². The summed E-state index contributed by atoms with van der Waals surface area (Å²) in [4.78, 5) is 18.7. The summed E-state index contributed by atoms with van der Waals surface area (Å²) < 4.78 is 34.2. The summed E-state index contributed by atoms with van der Waals surface area (Å²) in [6.07, 6.45) is 1.76. The molecule has 1 aliphatic carbocycles. The molecule has 4 aromatic rings. The van der Waals surface area contributed by atoms with Crippen LogP contribution in [0.2, 0.25) is 0 Å². The lowest BCUT2D eigenvalue weighted by molar-refractivity contribution is -0.120. The van der Waals surface area contributed by atoms with E-state index in [0.717, 1.165) is 24.1 Å². The quantitative estimate of drug-likeness (QED) is 0.337. The topological polar surface area (TPSA) is 117 Å². The van der Waals surface area contributed by atoms with E-state index in [2.05, 4.69) is 20.2 Å². The third kappa shape index (κ3) is 5.34. The van der Waals surface area contributed by atoms with Crippen LogP contribution >= 0.6 is 0 Å². The van der Waals surface area contributed by atoms with Gasteiger partial charge < -0.3 is 14.7 Å². The van der Waals surface area contributed by atoms with Crippen molar-refractivity contribution in [2.75, 3.05) is 29.0 Å². The van der Waals surface area contributed by atoms with Crippen molar-refractivity contribution < 1.29 is 17.7 Å². The average Bonchev–Trinajstić information content (AvgIpc) is 3.45. The standard InChI is InChI=1S/C27H27N5O4S/c1-27(14-15-27)26(33)28-20-10-12-21(13-11-20)31-37(34,35)23-9-5-6-18(17-23)24-29-25(36-30-24)19-7-4-8-22(16-19)32(2)3/h4-13,16-17,31H,14-15H2,1-3H3,(H,28,33). The molecule has 0 atom stereocenters. The number of rotatable bonds is 8. The zero-order chi connectivity index (χ0) is 26.2. The van der Waals surface area contributed by atoms with E-state index >= 15 is 0 Å². The third-order valence-electron chi connectivity index (χ3n) is 6.38. The minimum atomic E-state index is -3.88. The number of anilines is 3. The predicted molar refractivity (Wildman–Crippen MR) is 143 cm³/mol. The van der Waals surface area contributed by atoms with Crippen LogP contribution in [0.15, 0.2) is 82.2 Å². The van der Waals surface area contributed by atoms with Gasteiger partial charge in [-0.05, 0) is 67.4 Å². The molecule has 0 radical (unpaired) electrons. The number of hydrogen-bond donors (Lipinski definition) is 2. The Bertz CT molecular complexity index is 1560. The van der Waals surface area contributed by atoms with Gasteiger partial charge in [0.2, 0.25) is 11.7 Å². The summed E-state index contributed by atoms with van der Waals surface area (Å²) in [5.41, 5.74) is 2.97. The first-order chi connectivity index (χ1) is 17.6. The molecule has 1 amide bonds. The van der Waals surface area contributed by atoms with Crippen LogP contribution in [0.3, 0.4) is 0 Å². The highest BCUT2D eigenvalue weighted by Crippen LogP contribution is 2.45. The van der Waals surface area contributed by atoms with E-state index in [1.165, 1.54) is 12.1 Å². The molecular weight excluding hydrogens is 490 g/mol. The zero-order valence-corrected chi connectivity index (χ0v) is 21.5. The highest BCUT2D eigenvalue weighted by atomic mass is 32.2. The Labute approximate surface area is 215 Å². The molecule has 0 aliphatic heterocycles. The largest absolute Gasteiger partial charge is 0.378 e. The van der Waals surface area contributed by atoms with Crippen molar-refractivity contribution in [3.8, 4) is 22.8 Å². The SMILES string of the molecule is CN(C)c1cccc(-c2nc(-c3cccc(S(=O)(=O)Nc4ccc(NC(=O)C5(C)CC5)cc4)c3)no2)c1. The molecule has 1 saturated carbocycles. The Morgan fingerprint density at radius 1 is 0.946 bits per heavy atom. The maximum absolute atomic E-state index is 13.1. The van der Waals surface area contributed by atoms with Gasteiger partial charge in [0.15, 0.2) is 0 Å². The molecule has 9 nitrogen and oxygen atoms in total. The maximum Gasteiger partial charge on any atom is 0.261 e. The highest BCUT2D eigenvalue weighted by Gasteiger charge is 2.44. The first-order valence-electron chi connectivity index (χ1n) is 11.8. The number of benzene rings is 3. The monoisotopic (exact) mass is 517 g/mol. The van der Waals surface area contributed by atoms with Crippen LogP contribution in [-0.2, 0) is 14.8 Å². The van der Waals surface area contributed by atoms with Crippen LogP contribution in [0.5, 0.6) is 0 Å². The van der Waals surface area contributed by atoms with E-state index in [1.54, 1.807) is 36.4 Å². The van der Waals surface area contributed by atoms with Crippen LogP contribution in [0.25, 0.3) is 22.8 Å². The Morgan fingerprint density at radius 3 is 2.32 bits per heavy atom. The molecule has 1 aliphatic rings. The normalized spacial score (nSPS) is 14.1. The summed E-state index contributed by atoms with van der Waals surface area (Å²) in [5, 5.41) is 6.92. The molecule has 0 spiro atoms. The molecule has 0 saturated heterocycles. The van der Waals surface area contributed by atoms with E-state index in [9.17, 15) is 13.2 Å². The number of nitrogens with one attached hydrogen (secondary N) is 2. The molecule has 10 heteroatoms. The molecule has 37 heavy (non-hydrogen) atoms. The number of hydrogen-bond acceptors (Lipinski definition) is 7. The van der Waals surface area contributed by atoms with Crippen molar-refractivity contribution >= 4 is 33.0 Å². The minimum Gasteiger partial charge on any atom is -0.378 e. The second-order valence-corrected chi connectivity index (χ2v) is 11.3. The molecule has 1 heterocycles. The molecule has 2 N–H and O–H groups in total. The number of carbonyl (C=O) groups is 1. The van der Waals surface area contributed by atoms with E-state index in [1.807, 2.05) is 50.2 Å². The van der Waals surface area contributed by atoms with Crippen LogP contribution in [0.1, 0.15) is 19.8 Å². The van der Waals surface area contributed by atoms with Crippen LogP contribution in [0, 0.1) is 5.41 Å². The Balaban J connectivity index is 1.32. The van der Waals surface area contributed by atoms with Gasteiger partial charge in [-0.2, -0.15) is 4.98 Å². The summed E-state index contributed by atoms with van der Waals surface area (Å²) in [6.45, 7) is 1.93. The third-order valence-corrected chi connectivity index (χ3v) is 7.76. The molecule has 5 rings (SSSR count). The fourth-order valence-corrected chi connectivity index (χ4v) is 4.81. The lowest BCUT2D eigenvalue weighted by Gasteiger charge is -2.12. The number of nitrogens with zero attached hydrogens (tertiary/aromatic N) is 3. The van der Waals surface area contributed by atoms with Crippen molar-refractivity contribution in [1.82, 2.24) is 10.1 Å². The van der Waals surface area contributed by atoms with Gasteiger partial charge in [-0.3, -0.25) is 9.52 Å². The first-order valence-corrected chi connectivity index (χ1v) is 13.3. The van der Waals surface area contributed by atoms with Gasteiger partial charge in [0, 0.05) is 47.7 Å². The van der Waals surface area contributed by atoms with Gasteiger partial charge in [-0.1, -0.05) is 30.3 Å². The molecule has 190 valence electrons. The smallest absolute Gasteiger partial charge is 0.261 e. The summed E-state index contributed by atoms with van der Waals surface area (Å²) >= 11 is 0. The number of sulfonamides is 1. The summed E-state index contributed by atoms with van der Waals surface area (Å²) in [7, 11) is 0.00615. The fourth-order valence-electron chi connectivity index (χ4n) is 3.71. The lowest BCUT2D eigenvalue weighted by Crippen LogP contribution is -2.21. The van der Waals surface area contributed by atoms with Crippen molar-refractivity contribution in [3.05, 3.63) is 72.8 Å². The van der Waals surface area contributed by atoms with Crippen molar-refractivity contribution in [3.63, 3.8) is 0 Å².